The van der Waals surface area contributed by atoms with Gasteiger partial charge in [0.2, 0.25) is 0 Å². The molecule has 0 saturated carbocycles. The SMILES string of the molecule is CCOc1ccc(C(C)N)cc1CN1CCCC(C)(C)C1. The number of likely N-dealkylation sites (tertiary alicyclic amines) is 1. The Bertz CT molecular complexity index is 468. The molecular weight excluding hydrogens is 260 g/mol. The fraction of sp³-hybridized carbons (Fsp3) is 0.667. The molecule has 0 radical (unpaired) electrons. The Morgan fingerprint density at radius 2 is 2.14 bits per heavy atom. The Morgan fingerprint density at radius 1 is 1.38 bits per heavy atom. The zero-order chi connectivity index (χ0) is 15.5. The molecule has 2 N–H and O–H groups in total. The molecule has 1 aliphatic heterocycles. The quantitative estimate of drug-likeness (QED) is 0.898. The third-order valence-corrected chi connectivity index (χ3v) is 4.28. The number of benzene rings is 1. The lowest BCUT2D eigenvalue weighted by molar-refractivity contribution is 0.110. The van der Waals surface area contributed by atoms with E-state index in [1.54, 1.807) is 0 Å². The predicted octanol–water partition coefficient (Wildman–Crippen LogP) is 3.73. The van der Waals surface area contributed by atoms with Crippen LogP contribution in [0.4, 0.5) is 0 Å². The lowest BCUT2D eigenvalue weighted by atomic mass is 9.84. The molecule has 3 nitrogen and oxygen atoms in total. The van der Waals surface area contributed by atoms with Gasteiger partial charge in [-0.2, -0.15) is 0 Å². The van der Waals surface area contributed by atoms with Gasteiger partial charge in [-0.3, -0.25) is 4.90 Å². The highest BCUT2D eigenvalue weighted by molar-refractivity contribution is 5.38. The molecule has 1 unspecified atom stereocenters. The molecule has 118 valence electrons. The van der Waals surface area contributed by atoms with E-state index in [-0.39, 0.29) is 6.04 Å². The Morgan fingerprint density at radius 3 is 2.76 bits per heavy atom. The maximum Gasteiger partial charge on any atom is 0.123 e. The Balaban J connectivity index is 2.18. The summed E-state index contributed by atoms with van der Waals surface area (Å²) in [6, 6.07) is 6.45. The molecule has 0 amide bonds. The van der Waals surface area contributed by atoms with Crippen LogP contribution in [0, 0.1) is 5.41 Å². The molecule has 2 rings (SSSR count). The molecule has 0 aliphatic carbocycles. The van der Waals surface area contributed by atoms with Crippen molar-refractivity contribution in [1.29, 1.82) is 0 Å². The number of hydrogen-bond donors (Lipinski definition) is 1. The third-order valence-electron chi connectivity index (χ3n) is 4.28. The smallest absolute Gasteiger partial charge is 0.123 e. The maximum absolute atomic E-state index is 6.03. The monoisotopic (exact) mass is 290 g/mol. The van der Waals surface area contributed by atoms with E-state index in [0.717, 1.165) is 18.8 Å². The largest absolute Gasteiger partial charge is 0.494 e. The van der Waals surface area contributed by atoms with Crippen molar-refractivity contribution in [1.82, 2.24) is 4.90 Å². The summed E-state index contributed by atoms with van der Waals surface area (Å²) in [5.74, 6) is 1.00. The van der Waals surface area contributed by atoms with Crippen LogP contribution in [0.1, 0.15) is 57.7 Å². The summed E-state index contributed by atoms with van der Waals surface area (Å²) >= 11 is 0. The van der Waals surface area contributed by atoms with Crippen LogP contribution in [0.25, 0.3) is 0 Å². The molecule has 1 heterocycles. The standard InChI is InChI=1S/C18H30N2O/c1-5-21-17-8-7-15(14(2)19)11-16(17)12-20-10-6-9-18(3,4)13-20/h7-8,11,14H,5-6,9-10,12-13,19H2,1-4H3. The van der Waals surface area contributed by atoms with E-state index in [9.17, 15) is 0 Å². The summed E-state index contributed by atoms with van der Waals surface area (Å²) in [6.07, 6.45) is 2.60. The van der Waals surface area contributed by atoms with Gasteiger partial charge in [0.15, 0.2) is 0 Å². The van der Waals surface area contributed by atoms with Crippen LogP contribution in [0.5, 0.6) is 5.75 Å². The van der Waals surface area contributed by atoms with E-state index >= 15 is 0 Å². The fourth-order valence-electron chi connectivity index (χ4n) is 3.22. The molecule has 0 aromatic heterocycles. The molecule has 3 heteroatoms. The minimum absolute atomic E-state index is 0.0669. The van der Waals surface area contributed by atoms with Crippen LogP contribution < -0.4 is 10.5 Å². The van der Waals surface area contributed by atoms with Gasteiger partial charge in [-0.25, -0.2) is 0 Å². The molecule has 1 fully saturated rings. The van der Waals surface area contributed by atoms with Crippen molar-refractivity contribution < 1.29 is 4.74 Å². The molecule has 1 aromatic carbocycles. The first-order valence-electron chi connectivity index (χ1n) is 8.15. The zero-order valence-electron chi connectivity index (χ0n) is 14.0. The summed E-state index contributed by atoms with van der Waals surface area (Å²) in [5, 5.41) is 0. The van der Waals surface area contributed by atoms with Crippen molar-refractivity contribution >= 4 is 0 Å². The molecule has 0 spiro atoms. The average molecular weight is 290 g/mol. The minimum atomic E-state index is 0.0669. The third kappa shape index (κ3) is 4.45. The first-order chi connectivity index (χ1) is 9.91. The summed E-state index contributed by atoms with van der Waals surface area (Å²) in [7, 11) is 0. The highest BCUT2D eigenvalue weighted by Crippen LogP contribution is 2.31. The van der Waals surface area contributed by atoms with Crippen LogP contribution >= 0.6 is 0 Å². The molecular formula is C18H30N2O. The van der Waals surface area contributed by atoms with Crippen LogP contribution in [0.15, 0.2) is 18.2 Å². The highest BCUT2D eigenvalue weighted by Gasteiger charge is 2.26. The van der Waals surface area contributed by atoms with E-state index in [1.165, 1.54) is 30.5 Å². The molecule has 1 aliphatic rings. The van der Waals surface area contributed by atoms with Gasteiger partial charge in [-0.05, 0) is 56.3 Å². The van der Waals surface area contributed by atoms with Crippen molar-refractivity contribution in [2.45, 2.75) is 53.1 Å². The van der Waals surface area contributed by atoms with Gasteiger partial charge in [0.25, 0.3) is 0 Å². The van der Waals surface area contributed by atoms with Crippen molar-refractivity contribution in [2.75, 3.05) is 19.7 Å². The van der Waals surface area contributed by atoms with Gasteiger partial charge in [0, 0.05) is 24.7 Å². The molecule has 21 heavy (non-hydrogen) atoms. The first kappa shape index (κ1) is 16.3. The van der Waals surface area contributed by atoms with Crippen molar-refractivity contribution in [2.24, 2.45) is 11.1 Å². The molecule has 1 saturated heterocycles. The van der Waals surface area contributed by atoms with E-state index in [1.807, 2.05) is 13.8 Å². The Kier molecular flexibility index (Phi) is 5.28. The van der Waals surface area contributed by atoms with Crippen molar-refractivity contribution in [3.8, 4) is 5.75 Å². The number of hydrogen-bond acceptors (Lipinski definition) is 3. The highest BCUT2D eigenvalue weighted by atomic mass is 16.5. The van der Waals surface area contributed by atoms with Gasteiger partial charge >= 0.3 is 0 Å². The number of rotatable bonds is 5. The normalized spacial score (nSPS) is 20.2. The second kappa shape index (κ2) is 6.80. The van der Waals surface area contributed by atoms with E-state index in [0.29, 0.717) is 12.0 Å². The predicted molar refractivity (Wildman–Crippen MR) is 88.5 cm³/mol. The first-order valence-corrected chi connectivity index (χ1v) is 8.15. The molecule has 0 bridgehead atoms. The maximum atomic E-state index is 6.03. The second-order valence-corrected chi connectivity index (χ2v) is 7.07. The lowest BCUT2D eigenvalue weighted by Crippen LogP contribution is -2.39. The van der Waals surface area contributed by atoms with Crippen LogP contribution in [-0.4, -0.2) is 24.6 Å². The lowest BCUT2D eigenvalue weighted by Gasteiger charge is -2.38. The van der Waals surface area contributed by atoms with Gasteiger partial charge in [0.1, 0.15) is 5.75 Å². The van der Waals surface area contributed by atoms with Crippen molar-refractivity contribution in [3.63, 3.8) is 0 Å². The fourth-order valence-corrected chi connectivity index (χ4v) is 3.22. The van der Waals surface area contributed by atoms with Gasteiger partial charge in [-0.15, -0.1) is 0 Å². The van der Waals surface area contributed by atoms with E-state index in [4.69, 9.17) is 10.5 Å². The Labute approximate surface area is 129 Å². The minimum Gasteiger partial charge on any atom is -0.494 e. The van der Waals surface area contributed by atoms with Crippen LogP contribution in [0.2, 0.25) is 0 Å². The molecule has 1 aromatic rings. The molecule has 1 atom stereocenters. The topological polar surface area (TPSA) is 38.5 Å². The second-order valence-electron chi connectivity index (χ2n) is 7.07. The van der Waals surface area contributed by atoms with Gasteiger partial charge in [-0.1, -0.05) is 19.9 Å². The zero-order valence-corrected chi connectivity index (χ0v) is 14.0. The number of nitrogens with two attached hydrogens (primary N) is 1. The van der Waals surface area contributed by atoms with E-state index in [2.05, 4.69) is 36.9 Å². The summed E-state index contributed by atoms with van der Waals surface area (Å²) < 4.78 is 5.80. The summed E-state index contributed by atoms with van der Waals surface area (Å²) in [6.45, 7) is 12.8. The number of ether oxygens (including phenoxy) is 1. The average Bonchev–Trinajstić information content (AvgIpc) is 2.39. The van der Waals surface area contributed by atoms with Crippen LogP contribution in [0.3, 0.4) is 0 Å². The number of nitrogens with zero attached hydrogens (tertiary/aromatic N) is 1. The van der Waals surface area contributed by atoms with Crippen LogP contribution in [-0.2, 0) is 6.54 Å². The summed E-state index contributed by atoms with van der Waals surface area (Å²) in [5.41, 5.74) is 8.90. The Hall–Kier alpha value is -1.06. The van der Waals surface area contributed by atoms with E-state index < -0.39 is 0 Å². The van der Waals surface area contributed by atoms with Gasteiger partial charge < -0.3 is 10.5 Å². The van der Waals surface area contributed by atoms with Gasteiger partial charge in [0.05, 0.1) is 6.61 Å². The van der Waals surface area contributed by atoms with Crippen molar-refractivity contribution in [3.05, 3.63) is 29.3 Å². The summed E-state index contributed by atoms with van der Waals surface area (Å²) in [4.78, 5) is 2.55. The number of piperidine rings is 1.